The first kappa shape index (κ1) is 31.3. The van der Waals surface area contributed by atoms with Crippen LogP contribution in [-0.4, -0.2) is 61.9 Å². The molecule has 3 aromatic carbocycles. The fraction of sp³-hybridized carbons (Fsp3) is 0.459. The van der Waals surface area contributed by atoms with E-state index in [1.165, 1.54) is 19.3 Å². The maximum atomic E-state index is 13.1. The van der Waals surface area contributed by atoms with Crippen LogP contribution < -0.4 is 15.5 Å². The second-order valence-electron chi connectivity index (χ2n) is 12.5. The standard InChI is InChI=1S/C37H45N3O5/c41-36(39-45-35-15-6-7-22-43-35)30-18-16-27(17-19-30)23-28(26-44-34-14-8-12-29-9-4-5-13-33(29)34)24-38-32-20-21-40(25-32)37(42)31-10-2-1-3-11-31/h4-5,8-9,12-14,16-19,23,31-32,35,38H,1-3,6-7,10-11,15,20-22,24-26H2,(H,39,41). The summed E-state index contributed by atoms with van der Waals surface area (Å²) in [5, 5.41) is 5.92. The van der Waals surface area contributed by atoms with Crippen LogP contribution >= 0.6 is 0 Å². The molecule has 3 aliphatic rings. The Morgan fingerprint density at radius 1 is 0.889 bits per heavy atom. The summed E-state index contributed by atoms with van der Waals surface area (Å²) in [6, 6.07) is 22.1. The van der Waals surface area contributed by atoms with Gasteiger partial charge < -0.3 is 19.7 Å². The smallest absolute Gasteiger partial charge is 0.274 e. The minimum Gasteiger partial charge on any atom is -0.489 e. The first-order valence-electron chi connectivity index (χ1n) is 16.6. The Bertz CT molecular complexity index is 1460. The van der Waals surface area contributed by atoms with Crippen LogP contribution in [0.5, 0.6) is 5.75 Å². The number of fused-ring (bicyclic) bond motifs is 1. The van der Waals surface area contributed by atoms with Gasteiger partial charge in [0.05, 0.1) is 0 Å². The molecule has 0 spiro atoms. The molecule has 2 heterocycles. The van der Waals surface area contributed by atoms with Crippen molar-refractivity contribution in [2.24, 2.45) is 5.92 Å². The average molecular weight is 612 g/mol. The quantitative estimate of drug-likeness (QED) is 0.249. The Morgan fingerprint density at radius 2 is 1.69 bits per heavy atom. The van der Waals surface area contributed by atoms with Crippen LogP contribution in [0, 0.1) is 5.92 Å². The van der Waals surface area contributed by atoms with Gasteiger partial charge in [0.2, 0.25) is 5.91 Å². The number of nitrogens with one attached hydrogen (secondary N) is 2. The van der Waals surface area contributed by atoms with E-state index in [1.807, 2.05) is 36.4 Å². The number of ether oxygens (including phenoxy) is 2. The summed E-state index contributed by atoms with van der Waals surface area (Å²) in [4.78, 5) is 33.3. The van der Waals surface area contributed by atoms with Crippen molar-refractivity contribution in [3.63, 3.8) is 0 Å². The van der Waals surface area contributed by atoms with Crippen molar-refractivity contribution in [3.05, 3.63) is 83.4 Å². The molecule has 3 fully saturated rings. The van der Waals surface area contributed by atoms with E-state index >= 15 is 0 Å². The Morgan fingerprint density at radius 3 is 2.51 bits per heavy atom. The van der Waals surface area contributed by atoms with E-state index in [9.17, 15) is 9.59 Å². The van der Waals surface area contributed by atoms with Crippen molar-refractivity contribution in [3.8, 4) is 5.75 Å². The normalized spacial score (nSPS) is 21.2. The molecule has 1 saturated carbocycles. The molecule has 8 heteroatoms. The third kappa shape index (κ3) is 8.51. The van der Waals surface area contributed by atoms with Crippen LogP contribution in [0.1, 0.15) is 73.7 Å². The van der Waals surface area contributed by atoms with Crippen molar-refractivity contribution in [2.45, 2.75) is 70.1 Å². The molecule has 45 heavy (non-hydrogen) atoms. The zero-order valence-corrected chi connectivity index (χ0v) is 26.0. The van der Waals surface area contributed by atoms with E-state index in [-0.39, 0.29) is 24.2 Å². The number of hydrogen-bond donors (Lipinski definition) is 2. The van der Waals surface area contributed by atoms with E-state index in [0.29, 0.717) is 31.2 Å². The predicted octanol–water partition coefficient (Wildman–Crippen LogP) is 6.26. The second kappa shape index (κ2) is 15.5. The van der Waals surface area contributed by atoms with Gasteiger partial charge in [-0.1, -0.05) is 73.9 Å². The van der Waals surface area contributed by atoms with Gasteiger partial charge in [-0.3, -0.25) is 9.59 Å². The molecule has 1 aliphatic carbocycles. The van der Waals surface area contributed by atoms with Crippen molar-refractivity contribution < 1.29 is 23.9 Å². The summed E-state index contributed by atoms with van der Waals surface area (Å²) in [6.45, 7) is 3.28. The van der Waals surface area contributed by atoms with Crippen LogP contribution in [-0.2, 0) is 14.4 Å². The van der Waals surface area contributed by atoms with Gasteiger partial charge >= 0.3 is 0 Å². The lowest BCUT2D eigenvalue weighted by molar-refractivity contribution is -0.186. The third-order valence-corrected chi connectivity index (χ3v) is 9.20. The van der Waals surface area contributed by atoms with Crippen LogP contribution in [0.25, 0.3) is 16.8 Å². The molecule has 2 aliphatic heterocycles. The highest BCUT2D eigenvalue weighted by molar-refractivity contribution is 5.93. The van der Waals surface area contributed by atoms with Crippen molar-refractivity contribution in [2.75, 3.05) is 32.8 Å². The van der Waals surface area contributed by atoms with Crippen LogP contribution in [0.15, 0.2) is 72.3 Å². The zero-order chi connectivity index (χ0) is 30.8. The van der Waals surface area contributed by atoms with Crippen LogP contribution in [0.2, 0.25) is 0 Å². The summed E-state index contributed by atoms with van der Waals surface area (Å²) in [6.07, 6.45) is 11.2. The van der Waals surface area contributed by atoms with E-state index in [2.05, 4.69) is 40.0 Å². The highest BCUT2D eigenvalue weighted by atomic mass is 16.8. The van der Waals surface area contributed by atoms with Gasteiger partial charge in [-0.25, -0.2) is 10.3 Å². The molecular weight excluding hydrogens is 566 g/mol. The molecule has 2 amide bonds. The lowest BCUT2D eigenvalue weighted by atomic mass is 9.88. The molecule has 238 valence electrons. The Balaban J connectivity index is 1.10. The van der Waals surface area contributed by atoms with Crippen LogP contribution in [0.4, 0.5) is 0 Å². The summed E-state index contributed by atoms with van der Waals surface area (Å²) in [7, 11) is 0. The fourth-order valence-electron chi connectivity index (χ4n) is 6.59. The minimum atomic E-state index is -0.390. The Hall–Kier alpha value is -3.72. The Labute approximate surface area is 266 Å². The highest BCUT2D eigenvalue weighted by Crippen LogP contribution is 2.28. The summed E-state index contributed by atoms with van der Waals surface area (Å²) in [5.74, 6) is 1.10. The molecule has 0 bridgehead atoms. The molecule has 2 atom stereocenters. The van der Waals surface area contributed by atoms with Crippen molar-refractivity contribution in [1.29, 1.82) is 0 Å². The number of benzene rings is 3. The largest absolute Gasteiger partial charge is 0.489 e. The number of nitrogens with zero attached hydrogens (tertiary/aromatic N) is 1. The van der Waals surface area contributed by atoms with Gasteiger partial charge in [-0.15, -0.1) is 0 Å². The number of rotatable bonds is 11. The summed E-state index contributed by atoms with van der Waals surface area (Å²) >= 11 is 0. The number of hydrogen-bond acceptors (Lipinski definition) is 6. The topological polar surface area (TPSA) is 89.1 Å². The maximum Gasteiger partial charge on any atom is 0.274 e. The number of amides is 2. The van der Waals surface area contributed by atoms with Crippen LogP contribution in [0.3, 0.4) is 0 Å². The SMILES string of the molecule is O=C(NOC1CCCCO1)c1ccc(C=C(CNC2CCN(C(=O)C3CCCCC3)C2)COc2cccc3ccccc23)cc1. The molecule has 0 aromatic heterocycles. The first-order chi connectivity index (χ1) is 22.1. The van der Waals surface area contributed by atoms with Gasteiger partial charge in [-0.2, -0.15) is 0 Å². The molecule has 2 N–H and O–H groups in total. The molecule has 0 radical (unpaired) electrons. The van der Waals surface area contributed by atoms with E-state index in [4.69, 9.17) is 14.3 Å². The van der Waals surface area contributed by atoms with Crippen molar-refractivity contribution in [1.82, 2.24) is 15.7 Å². The van der Waals surface area contributed by atoms with E-state index < -0.39 is 0 Å². The van der Waals surface area contributed by atoms with E-state index in [0.717, 1.165) is 79.3 Å². The molecule has 2 unspecified atom stereocenters. The number of carbonyl (C=O) groups excluding carboxylic acids is 2. The fourth-order valence-corrected chi connectivity index (χ4v) is 6.59. The molecule has 8 nitrogen and oxygen atoms in total. The number of carbonyl (C=O) groups is 2. The zero-order valence-electron chi connectivity index (χ0n) is 26.0. The van der Waals surface area contributed by atoms with Gasteiger partial charge in [0.1, 0.15) is 12.4 Å². The first-order valence-corrected chi connectivity index (χ1v) is 16.6. The monoisotopic (exact) mass is 611 g/mol. The van der Waals surface area contributed by atoms with Gasteiger partial charge in [-0.05, 0) is 66.8 Å². The molecular formula is C37H45N3O5. The molecule has 3 aromatic rings. The van der Waals surface area contributed by atoms with Gasteiger partial charge in [0, 0.05) is 55.6 Å². The highest BCUT2D eigenvalue weighted by Gasteiger charge is 2.31. The summed E-state index contributed by atoms with van der Waals surface area (Å²) in [5.41, 5.74) is 5.10. The third-order valence-electron chi connectivity index (χ3n) is 9.20. The predicted molar refractivity (Wildman–Crippen MR) is 176 cm³/mol. The molecule has 6 rings (SSSR count). The van der Waals surface area contributed by atoms with Gasteiger partial charge in [0.15, 0.2) is 6.29 Å². The average Bonchev–Trinajstić information content (AvgIpc) is 3.58. The second-order valence-corrected chi connectivity index (χ2v) is 12.5. The van der Waals surface area contributed by atoms with Gasteiger partial charge in [0.25, 0.3) is 5.91 Å². The summed E-state index contributed by atoms with van der Waals surface area (Å²) < 4.78 is 11.9. The lowest BCUT2D eigenvalue weighted by Gasteiger charge is -2.26. The minimum absolute atomic E-state index is 0.208. The van der Waals surface area contributed by atoms with E-state index in [1.54, 1.807) is 12.1 Å². The Kier molecular flexibility index (Phi) is 10.8. The maximum absolute atomic E-state index is 13.1. The lowest BCUT2D eigenvalue weighted by Crippen LogP contribution is -2.39. The molecule has 2 saturated heterocycles. The number of likely N-dealkylation sites (tertiary alicyclic amines) is 1. The van der Waals surface area contributed by atoms with Crippen molar-refractivity contribution >= 4 is 28.7 Å². The number of hydroxylamine groups is 1.